The van der Waals surface area contributed by atoms with Crippen LogP contribution < -0.4 is 10.6 Å². The molecule has 1 saturated carbocycles. The van der Waals surface area contributed by atoms with E-state index in [4.69, 9.17) is 0 Å². The van der Waals surface area contributed by atoms with Crippen LogP contribution in [0.15, 0.2) is 29.2 Å². The number of hydrogen-bond donors (Lipinski definition) is 2. The lowest BCUT2D eigenvalue weighted by atomic mass is 10.00. The van der Waals surface area contributed by atoms with Gasteiger partial charge in [-0.25, -0.2) is 8.42 Å². The van der Waals surface area contributed by atoms with Gasteiger partial charge in [0.25, 0.3) is 0 Å². The number of amides is 1. The summed E-state index contributed by atoms with van der Waals surface area (Å²) in [5.41, 5.74) is 0.171. The summed E-state index contributed by atoms with van der Waals surface area (Å²) in [6, 6.07) is 8.85. The fourth-order valence-electron chi connectivity index (χ4n) is 3.56. The first-order valence-electron chi connectivity index (χ1n) is 9.83. The molecule has 0 spiro atoms. The number of hydrogen-bond acceptors (Lipinski definition) is 5. The molecule has 1 aromatic carbocycles. The van der Waals surface area contributed by atoms with Gasteiger partial charge in [-0.2, -0.15) is 9.57 Å². The van der Waals surface area contributed by atoms with Gasteiger partial charge in [0.2, 0.25) is 15.9 Å². The minimum absolute atomic E-state index is 0.101. The Hall–Kier alpha value is -1.95. The van der Waals surface area contributed by atoms with Crippen molar-refractivity contribution in [3.8, 4) is 6.07 Å². The maximum atomic E-state index is 12.5. The Morgan fingerprint density at radius 1 is 1.21 bits per heavy atom. The third kappa shape index (κ3) is 5.10. The summed E-state index contributed by atoms with van der Waals surface area (Å²) in [5.74, 6) is -0.198. The van der Waals surface area contributed by atoms with E-state index in [2.05, 4.69) is 16.7 Å². The monoisotopic (exact) mass is 406 g/mol. The molecule has 0 radical (unpaired) electrons. The molecule has 0 saturated heterocycles. The number of nitrogens with zero attached hydrogens (tertiary/aromatic N) is 2. The van der Waals surface area contributed by atoms with Crippen LogP contribution in [0.4, 0.5) is 0 Å². The molecule has 7 nitrogen and oxygen atoms in total. The first kappa shape index (κ1) is 22.3. The highest BCUT2D eigenvalue weighted by Gasteiger charge is 2.35. The van der Waals surface area contributed by atoms with E-state index in [1.807, 2.05) is 20.8 Å². The van der Waals surface area contributed by atoms with Crippen LogP contribution in [0.1, 0.15) is 58.1 Å². The predicted molar refractivity (Wildman–Crippen MR) is 108 cm³/mol. The fraction of sp³-hybridized carbons (Fsp3) is 0.600. The van der Waals surface area contributed by atoms with Crippen molar-refractivity contribution >= 4 is 15.9 Å². The van der Waals surface area contributed by atoms with Crippen LogP contribution >= 0.6 is 0 Å². The number of benzene rings is 1. The molecule has 1 atom stereocenters. The highest BCUT2D eigenvalue weighted by atomic mass is 32.2. The van der Waals surface area contributed by atoms with Gasteiger partial charge >= 0.3 is 0 Å². The van der Waals surface area contributed by atoms with E-state index in [1.54, 1.807) is 24.3 Å². The molecular weight excluding hydrogens is 376 g/mol. The summed E-state index contributed by atoms with van der Waals surface area (Å²) in [6.07, 6.45) is 3.32. The number of nitrogens with one attached hydrogen (secondary N) is 2. The summed E-state index contributed by atoms with van der Waals surface area (Å²) >= 11 is 0. The van der Waals surface area contributed by atoms with E-state index >= 15 is 0 Å². The second-order valence-electron chi connectivity index (χ2n) is 7.21. The minimum Gasteiger partial charge on any atom is -0.337 e. The topological polar surface area (TPSA) is 102 Å². The van der Waals surface area contributed by atoms with Gasteiger partial charge < -0.3 is 10.6 Å². The van der Waals surface area contributed by atoms with Gasteiger partial charge in [0.1, 0.15) is 5.54 Å². The number of sulfonamides is 1. The summed E-state index contributed by atoms with van der Waals surface area (Å²) in [4.78, 5) is 12.5. The molecule has 1 aromatic rings. The van der Waals surface area contributed by atoms with E-state index < -0.39 is 15.6 Å². The largest absolute Gasteiger partial charge is 0.337 e. The lowest BCUT2D eigenvalue weighted by molar-refractivity contribution is -0.121. The maximum Gasteiger partial charge on any atom is 0.243 e. The molecule has 1 amide bonds. The van der Waals surface area contributed by atoms with Crippen LogP contribution in [0.25, 0.3) is 0 Å². The van der Waals surface area contributed by atoms with Crippen molar-refractivity contribution in [1.82, 2.24) is 14.9 Å². The smallest absolute Gasteiger partial charge is 0.243 e. The Kier molecular flexibility index (Phi) is 7.58. The number of carbonyl (C=O) groups is 1. The molecule has 1 aliphatic carbocycles. The minimum atomic E-state index is -3.47. The van der Waals surface area contributed by atoms with Crippen molar-refractivity contribution in [1.29, 1.82) is 5.26 Å². The highest BCUT2D eigenvalue weighted by Crippen LogP contribution is 2.28. The zero-order valence-corrected chi connectivity index (χ0v) is 17.7. The first-order valence-corrected chi connectivity index (χ1v) is 11.3. The van der Waals surface area contributed by atoms with Gasteiger partial charge in [-0.15, -0.1) is 0 Å². The summed E-state index contributed by atoms with van der Waals surface area (Å²) in [7, 11) is -3.47. The lowest BCUT2D eigenvalue weighted by Crippen LogP contribution is -2.48. The molecule has 0 bridgehead atoms. The van der Waals surface area contributed by atoms with Gasteiger partial charge in [0, 0.05) is 19.1 Å². The summed E-state index contributed by atoms with van der Waals surface area (Å²) in [6.45, 7) is 6.50. The fourth-order valence-corrected chi connectivity index (χ4v) is 5.02. The van der Waals surface area contributed by atoms with Gasteiger partial charge in [-0.1, -0.05) is 26.0 Å². The molecule has 154 valence electrons. The van der Waals surface area contributed by atoms with E-state index in [-0.39, 0.29) is 23.4 Å². The van der Waals surface area contributed by atoms with E-state index in [9.17, 15) is 18.5 Å². The van der Waals surface area contributed by atoms with Gasteiger partial charge in [0.05, 0.1) is 17.5 Å². The van der Waals surface area contributed by atoms with Crippen molar-refractivity contribution in [2.45, 2.75) is 62.9 Å². The van der Waals surface area contributed by atoms with Crippen LogP contribution in [0.2, 0.25) is 0 Å². The first-order chi connectivity index (χ1) is 13.3. The second kappa shape index (κ2) is 9.50. The average Bonchev–Trinajstić information content (AvgIpc) is 3.16. The van der Waals surface area contributed by atoms with Crippen molar-refractivity contribution in [2.24, 2.45) is 0 Å². The lowest BCUT2D eigenvalue weighted by Gasteiger charge is -2.23. The molecule has 2 rings (SSSR count). The number of rotatable bonds is 9. The molecule has 28 heavy (non-hydrogen) atoms. The molecule has 0 heterocycles. The van der Waals surface area contributed by atoms with Crippen LogP contribution in [-0.2, 0) is 14.8 Å². The van der Waals surface area contributed by atoms with E-state index in [1.165, 1.54) is 4.31 Å². The SMILES string of the molecule is CCN(CC)S(=O)(=O)c1ccc([C@@H](C)NCC(=O)NC2(C#N)CCCC2)cc1. The Bertz CT molecular complexity index is 805. The molecule has 0 aromatic heterocycles. The van der Waals surface area contributed by atoms with Crippen molar-refractivity contribution in [3.63, 3.8) is 0 Å². The predicted octanol–water partition coefficient (Wildman–Crippen LogP) is 2.32. The molecule has 1 fully saturated rings. The zero-order chi connectivity index (χ0) is 20.8. The molecule has 0 unspecified atom stereocenters. The van der Waals surface area contributed by atoms with Crippen molar-refractivity contribution < 1.29 is 13.2 Å². The molecule has 8 heteroatoms. The number of nitriles is 1. The molecule has 1 aliphatic rings. The van der Waals surface area contributed by atoms with E-state index in [0.717, 1.165) is 18.4 Å². The maximum absolute atomic E-state index is 12.5. The third-order valence-electron chi connectivity index (χ3n) is 5.34. The third-order valence-corrected chi connectivity index (χ3v) is 7.41. The summed E-state index contributed by atoms with van der Waals surface area (Å²) in [5, 5.41) is 15.3. The van der Waals surface area contributed by atoms with Gasteiger partial charge in [-0.3, -0.25) is 4.79 Å². The molecular formula is C20H30N4O3S. The molecule has 2 N–H and O–H groups in total. The van der Waals surface area contributed by atoms with Gasteiger partial charge in [0.15, 0.2) is 0 Å². The Morgan fingerprint density at radius 3 is 2.29 bits per heavy atom. The zero-order valence-electron chi connectivity index (χ0n) is 16.9. The van der Waals surface area contributed by atoms with Crippen molar-refractivity contribution in [3.05, 3.63) is 29.8 Å². The molecule has 0 aliphatic heterocycles. The highest BCUT2D eigenvalue weighted by molar-refractivity contribution is 7.89. The van der Waals surface area contributed by atoms with Crippen LogP contribution in [0.3, 0.4) is 0 Å². The Labute approximate surface area is 168 Å². The quantitative estimate of drug-likeness (QED) is 0.655. The normalized spacial score (nSPS) is 17.2. The van der Waals surface area contributed by atoms with Gasteiger partial charge in [-0.05, 0) is 50.3 Å². The Balaban J connectivity index is 1.95. The Morgan fingerprint density at radius 2 is 1.79 bits per heavy atom. The van der Waals surface area contributed by atoms with Crippen LogP contribution in [0, 0.1) is 11.3 Å². The van der Waals surface area contributed by atoms with Crippen LogP contribution in [0.5, 0.6) is 0 Å². The standard InChI is InChI=1S/C20H30N4O3S/c1-4-24(5-2)28(26,27)18-10-8-17(9-11-18)16(3)22-14-19(25)23-20(15-21)12-6-7-13-20/h8-11,16,22H,4-7,12-14H2,1-3H3,(H,23,25)/t16-/m1/s1. The average molecular weight is 407 g/mol. The second-order valence-corrected chi connectivity index (χ2v) is 9.15. The van der Waals surface area contributed by atoms with Crippen molar-refractivity contribution in [2.75, 3.05) is 19.6 Å². The number of carbonyl (C=O) groups excluding carboxylic acids is 1. The van der Waals surface area contributed by atoms with E-state index in [0.29, 0.717) is 25.9 Å². The van der Waals surface area contributed by atoms with Crippen LogP contribution in [-0.4, -0.2) is 43.8 Å². The summed E-state index contributed by atoms with van der Waals surface area (Å²) < 4.78 is 26.5.